The number of nitrogens with zero attached hydrogens (tertiary/aromatic N) is 2. The molecule has 0 spiro atoms. The maximum atomic E-state index is 12.9. The summed E-state index contributed by atoms with van der Waals surface area (Å²) >= 11 is 0. The van der Waals surface area contributed by atoms with Gasteiger partial charge in [-0.2, -0.15) is 13.2 Å². The smallest absolute Gasteiger partial charge is 0.433 e. The number of ether oxygens (including phenoxy) is 1. The molecule has 188 valence electrons. The molecule has 0 aliphatic carbocycles. The first kappa shape index (κ1) is 25.2. The van der Waals surface area contributed by atoms with Crippen LogP contribution in [0.1, 0.15) is 24.1 Å². The van der Waals surface area contributed by atoms with E-state index in [-0.39, 0.29) is 5.52 Å². The van der Waals surface area contributed by atoms with Crippen molar-refractivity contribution in [1.82, 2.24) is 9.88 Å². The van der Waals surface area contributed by atoms with Crippen LogP contribution in [0, 0.1) is 5.92 Å². The number of sulfonamides is 1. The molecule has 1 fully saturated rings. The van der Waals surface area contributed by atoms with Gasteiger partial charge in [0, 0.05) is 17.6 Å². The van der Waals surface area contributed by atoms with Crippen molar-refractivity contribution < 1.29 is 26.3 Å². The van der Waals surface area contributed by atoms with Crippen molar-refractivity contribution in [2.45, 2.75) is 25.4 Å². The summed E-state index contributed by atoms with van der Waals surface area (Å²) in [6.07, 6.45) is -0.385. The lowest BCUT2D eigenvalue weighted by Gasteiger charge is -2.32. The number of anilines is 1. The van der Waals surface area contributed by atoms with Crippen LogP contribution in [0.3, 0.4) is 0 Å². The minimum Gasteiger partial charge on any atom is -0.492 e. The number of benzene rings is 2. The number of nitrogens with one attached hydrogen (secondary N) is 1. The van der Waals surface area contributed by atoms with Gasteiger partial charge in [-0.25, -0.2) is 13.4 Å². The largest absolute Gasteiger partial charge is 0.492 e. The highest BCUT2D eigenvalue weighted by molar-refractivity contribution is 7.92. The first-order chi connectivity index (χ1) is 16.6. The minimum absolute atomic E-state index is 0.258. The molecule has 0 radical (unpaired) electrons. The van der Waals surface area contributed by atoms with Crippen LogP contribution in [0.25, 0.3) is 10.9 Å². The van der Waals surface area contributed by atoms with Gasteiger partial charge in [0.15, 0.2) is 0 Å². The Hall–Kier alpha value is -2.85. The number of alkyl halides is 3. The Balaban J connectivity index is 1.26. The number of rotatable bonds is 8. The van der Waals surface area contributed by atoms with Crippen LogP contribution in [0.15, 0.2) is 54.6 Å². The van der Waals surface area contributed by atoms with Crippen molar-refractivity contribution in [3.05, 3.63) is 65.9 Å². The maximum absolute atomic E-state index is 12.9. The molecule has 35 heavy (non-hydrogen) atoms. The Labute approximate surface area is 203 Å². The number of hydrogen-bond acceptors (Lipinski definition) is 5. The fraction of sp³-hybridized carbons (Fsp3) is 0.400. The van der Waals surface area contributed by atoms with E-state index in [9.17, 15) is 21.6 Å². The molecule has 1 aromatic heterocycles. The van der Waals surface area contributed by atoms with Gasteiger partial charge < -0.3 is 4.74 Å². The molecule has 1 saturated heterocycles. The molecular formula is C25H28F3N3O3S. The molecule has 4 rings (SSSR count). The van der Waals surface area contributed by atoms with E-state index in [1.165, 1.54) is 6.07 Å². The molecule has 10 heteroatoms. The number of fused-ring (bicyclic) bond motifs is 1. The van der Waals surface area contributed by atoms with Gasteiger partial charge in [-0.1, -0.05) is 18.2 Å². The fourth-order valence-electron chi connectivity index (χ4n) is 4.42. The van der Waals surface area contributed by atoms with Gasteiger partial charge in [-0.05, 0) is 80.2 Å². The highest BCUT2D eigenvalue weighted by Crippen LogP contribution is 2.31. The second-order valence-corrected chi connectivity index (χ2v) is 10.7. The summed E-state index contributed by atoms with van der Waals surface area (Å²) in [6.45, 7) is 3.03. The molecule has 2 aromatic carbocycles. The molecular weight excluding hydrogens is 479 g/mol. The van der Waals surface area contributed by atoms with Crippen LogP contribution in [-0.4, -0.2) is 50.8 Å². The molecule has 2 heterocycles. The number of piperidine rings is 1. The maximum Gasteiger partial charge on any atom is 0.433 e. The monoisotopic (exact) mass is 507 g/mol. The van der Waals surface area contributed by atoms with Gasteiger partial charge in [0.25, 0.3) is 0 Å². The third kappa shape index (κ3) is 7.08. The highest BCUT2D eigenvalue weighted by atomic mass is 32.2. The van der Waals surface area contributed by atoms with Crippen molar-refractivity contribution in [3.63, 3.8) is 0 Å². The molecule has 0 atom stereocenters. The van der Waals surface area contributed by atoms with Gasteiger partial charge in [0.2, 0.25) is 10.0 Å². The van der Waals surface area contributed by atoms with E-state index >= 15 is 0 Å². The molecule has 0 bridgehead atoms. The minimum atomic E-state index is -4.48. The Morgan fingerprint density at radius 3 is 2.54 bits per heavy atom. The average Bonchev–Trinajstić information content (AvgIpc) is 2.78. The molecule has 0 amide bonds. The van der Waals surface area contributed by atoms with Gasteiger partial charge in [0.1, 0.15) is 18.1 Å². The summed E-state index contributed by atoms with van der Waals surface area (Å²) in [5.74, 6) is 1.05. The predicted octanol–water partition coefficient (Wildman–Crippen LogP) is 4.96. The first-order valence-corrected chi connectivity index (χ1v) is 13.3. The van der Waals surface area contributed by atoms with Crippen molar-refractivity contribution in [1.29, 1.82) is 0 Å². The van der Waals surface area contributed by atoms with Gasteiger partial charge in [-0.3, -0.25) is 9.62 Å². The lowest BCUT2D eigenvalue weighted by atomic mass is 9.90. The van der Waals surface area contributed by atoms with Gasteiger partial charge >= 0.3 is 6.18 Å². The van der Waals surface area contributed by atoms with Crippen molar-refractivity contribution in [2.24, 2.45) is 5.92 Å². The van der Waals surface area contributed by atoms with Crippen LogP contribution in [0.4, 0.5) is 18.9 Å². The summed E-state index contributed by atoms with van der Waals surface area (Å²) in [5.41, 5.74) is 1.04. The molecule has 0 unspecified atom stereocenters. The molecule has 1 aliphatic heterocycles. The SMILES string of the molecule is CS(=O)(=O)Nc1cccc(CC2CCN(CCOc3cccc4nc(C(F)(F)F)ccc34)CC2)c1. The van der Waals surface area contributed by atoms with E-state index in [4.69, 9.17) is 4.74 Å². The zero-order chi connectivity index (χ0) is 25.1. The van der Waals surface area contributed by atoms with E-state index in [1.54, 1.807) is 24.3 Å². The number of aromatic nitrogens is 1. The van der Waals surface area contributed by atoms with Gasteiger partial charge in [-0.15, -0.1) is 0 Å². The molecule has 6 nitrogen and oxygen atoms in total. The second-order valence-electron chi connectivity index (χ2n) is 8.93. The Bertz CT molecular complexity index is 1270. The number of hydrogen-bond donors (Lipinski definition) is 1. The predicted molar refractivity (Wildman–Crippen MR) is 130 cm³/mol. The summed E-state index contributed by atoms with van der Waals surface area (Å²) < 4.78 is 70.1. The Morgan fingerprint density at radius 2 is 1.83 bits per heavy atom. The summed E-state index contributed by atoms with van der Waals surface area (Å²) in [4.78, 5) is 6.04. The quantitative estimate of drug-likeness (QED) is 0.467. The Kier molecular flexibility index (Phi) is 7.51. The van der Waals surface area contributed by atoms with E-state index in [2.05, 4.69) is 14.6 Å². The summed E-state index contributed by atoms with van der Waals surface area (Å²) in [5, 5.41) is 0.562. The Morgan fingerprint density at radius 1 is 1.09 bits per heavy atom. The topological polar surface area (TPSA) is 71.5 Å². The first-order valence-electron chi connectivity index (χ1n) is 11.5. The third-order valence-corrected chi connectivity index (χ3v) is 6.72. The van der Waals surface area contributed by atoms with E-state index < -0.39 is 21.9 Å². The average molecular weight is 508 g/mol. The molecule has 1 N–H and O–H groups in total. The summed E-state index contributed by atoms with van der Waals surface area (Å²) in [6, 6.07) is 14.8. The van der Waals surface area contributed by atoms with Crippen LogP contribution < -0.4 is 9.46 Å². The molecule has 1 aliphatic rings. The number of halogens is 3. The lowest BCUT2D eigenvalue weighted by molar-refractivity contribution is -0.140. The summed E-state index contributed by atoms with van der Waals surface area (Å²) in [7, 11) is -3.30. The molecule has 0 saturated carbocycles. The van der Waals surface area contributed by atoms with E-state index in [0.29, 0.717) is 29.3 Å². The fourth-order valence-corrected chi connectivity index (χ4v) is 4.97. The standard InChI is InChI=1S/C25H28F3N3O3S/c1-35(32,33)30-20-5-2-4-19(17-20)16-18-10-12-31(13-11-18)14-15-34-23-7-3-6-22-21(23)8-9-24(29-22)25(26,27)28/h2-9,17-18,30H,10-16H2,1H3. The second kappa shape index (κ2) is 10.4. The van der Waals surface area contributed by atoms with E-state index in [1.807, 2.05) is 18.2 Å². The van der Waals surface area contributed by atoms with Crippen LogP contribution >= 0.6 is 0 Å². The molecule has 3 aromatic rings. The van der Waals surface area contributed by atoms with Crippen LogP contribution in [0.5, 0.6) is 5.75 Å². The van der Waals surface area contributed by atoms with Crippen LogP contribution in [-0.2, 0) is 22.6 Å². The normalized spacial score (nSPS) is 15.9. The zero-order valence-corrected chi connectivity index (χ0v) is 20.2. The lowest BCUT2D eigenvalue weighted by Crippen LogP contribution is -2.37. The van der Waals surface area contributed by atoms with Crippen molar-refractivity contribution in [2.75, 3.05) is 37.2 Å². The van der Waals surface area contributed by atoms with Crippen molar-refractivity contribution in [3.8, 4) is 5.75 Å². The van der Waals surface area contributed by atoms with Gasteiger partial charge in [0.05, 0.1) is 11.8 Å². The van der Waals surface area contributed by atoms with Crippen molar-refractivity contribution >= 4 is 26.6 Å². The van der Waals surface area contributed by atoms with E-state index in [0.717, 1.165) is 56.8 Å². The highest BCUT2D eigenvalue weighted by Gasteiger charge is 2.32. The number of likely N-dealkylation sites (tertiary alicyclic amines) is 1. The number of pyridine rings is 1. The van der Waals surface area contributed by atoms with Crippen LogP contribution in [0.2, 0.25) is 0 Å². The third-order valence-electron chi connectivity index (χ3n) is 6.11. The zero-order valence-electron chi connectivity index (χ0n) is 19.4.